The largest absolute Gasteiger partial charge is 0.488 e. The molecule has 0 fully saturated rings. The maximum absolute atomic E-state index is 12.8. The Bertz CT molecular complexity index is 1050. The minimum absolute atomic E-state index is 0.0647. The maximum atomic E-state index is 12.8. The van der Waals surface area contributed by atoms with Crippen LogP contribution in [0.3, 0.4) is 0 Å². The van der Waals surface area contributed by atoms with Gasteiger partial charge >= 0.3 is 14.2 Å². The van der Waals surface area contributed by atoms with E-state index in [9.17, 15) is 12.8 Å². The van der Waals surface area contributed by atoms with Crippen molar-refractivity contribution in [2.45, 2.75) is 4.90 Å². The summed E-state index contributed by atoms with van der Waals surface area (Å²) in [6.07, 6.45) is 0. The summed E-state index contributed by atoms with van der Waals surface area (Å²) in [6, 6.07) is 16.4. The molecule has 0 aliphatic rings. The molecule has 0 saturated carbocycles. The van der Waals surface area contributed by atoms with E-state index in [-0.39, 0.29) is 16.0 Å². The normalized spacial score (nSPS) is 10.6. The zero-order valence-electron chi connectivity index (χ0n) is 15.6. The molecule has 3 aromatic rings. The number of halogens is 1. The molecule has 0 atom stereocenters. The molecule has 0 unspecified atom stereocenters. The summed E-state index contributed by atoms with van der Waals surface area (Å²) < 4.78 is 39.1. The third-order valence-electron chi connectivity index (χ3n) is 3.82. The van der Waals surface area contributed by atoms with Crippen molar-refractivity contribution in [3.63, 3.8) is 0 Å². The number of sulfonamides is 1. The van der Waals surface area contributed by atoms with Crippen LogP contribution in [0.2, 0.25) is 0 Å². The number of nitrogen functional groups attached to an aromatic ring is 1. The van der Waals surface area contributed by atoms with E-state index < -0.39 is 30.1 Å². The van der Waals surface area contributed by atoms with Gasteiger partial charge in [-0.05, 0) is 59.5 Å². The van der Waals surface area contributed by atoms with Crippen LogP contribution in [0.15, 0.2) is 77.7 Å². The molecule has 3 aromatic carbocycles. The zero-order chi connectivity index (χ0) is 22.3. The Labute approximate surface area is 173 Å². The molecule has 156 valence electrons. The quantitative estimate of drug-likeness (QED) is 0.229. The monoisotopic (exact) mass is 432 g/mol. The fourth-order valence-electron chi connectivity index (χ4n) is 2.22. The van der Waals surface area contributed by atoms with Gasteiger partial charge in [-0.3, -0.25) is 4.72 Å². The first-order valence-corrected chi connectivity index (χ1v) is 10.0. The summed E-state index contributed by atoms with van der Waals surface area (Å²) in [5.74, 6) is -0.523. The SMILES string of the molecule is Nc1ccc(B(O)O)cc1.O=S(=O)(Nc1ccc(B(O)O)cc1)c1ccc(F)cc1. The molecule has 8 nitrogen and oxygen atoms in total. The molecule has 0 aromatic heterocycles. The van der Waals surface area contributed by atoms with Gasteiger partial charge in [-0.2, -0.15) is 0 Å². The predicted octanol–water partition coefficient (Wildman–Crippen LogP) is -0.745. The van der Waals surface area contributed by atoms with Gasteiger partial charge in [0.2, 0.25) is 0 Å². The number of hydrogen-bond acceptors (Lipinski definition) is 7. The summed E-state index contributed by atoms with van der Waals surface area (Å²) in [7, 11) is -6.82. The van der Waals surface area contributed by atoms with E-state index in [1.54, 1.807) is 24.3 Å². The van der Waals surface area contributed by atoms with Crippen molar-refractivity contribution in [2.75, 3.05) is 10.5 Å². The molecule has 0 heterocycles. The first-order valence-electron chi connectivity index (χ1n) is 8.54. The van der Waals surface area contributed by atoms with Crippen LogP contribution in [0.1, 0.15) is 0 Å². The summed E-state index contributed by atoms with van der Waals surface area (Å²) in [5, 5.41) is 35.1. The lowest BCUT2D eigenvalue weighted by molar-refractivity contribution is 0.424. The maximum Gasteiger partial charge on any atom is 0.488 e. The molecule has 12 heteroatoms. The van der Waals surface area contributed by atoms with E-state index in [0.717, 1.165) is 24.3 Å². The van der Waals surface area contributed by atoms with Gasteiger partial charge in [0.15, 0.2) is 0 Å². The Balaban J connectivity index is 0.000000269. The number of nitrogens with one attached hydrogen (secondary N) is 1. The van der Waals surface area contributed by atoms with Gasteiger partial charge in [-0.25, -0.2) is 12.8 Å². The first-order chi connectivity index (χ1) is 14.1. The molecule has 7 N–H and O–H groups in total. The van der Waals surface area contributed by atoms with E-state index in [4.69, 9.17) is 25.8 Å². The molecule has 0 spiro atoms. The van der Waals surface area contributed by atoms with Crippen molar-refractivity contribution in [2.24, 2.45) is 0 Å². The van der Waals surface area contributed by atoms with E-state index >= 15 is 0 Å². The molecule has 0 aliphatic carbocycles. The highest BCUT2D eigenvalue weighted by Gasteiger charge is 2.15. The van der Waals surface area contributed by atoms with Gasteiger partial charge in [-0.1, -0.05) is 24.3 Å². The number of rotatable bonds is 5. The van der Waals surface area contributed by atoms with Gasteiger partial charge in [0.05, 0.1) is 4.90 Å². The number of benzene rings is 3. The number of nitrogens with two attached hydrogens (primary N) is 1. The Morgan fingerprint density at radius 1 is 0.733 bits per heavy atom. The highest BCUT2D eigenvalue weighted by Crippen LogP contribution is 2.15. The van der Waals surface area contributed by atoms with Crippen molar-refractivity contribution in [1.29, 1.82) is 0 Å². The third-order valence-corrected chi connectivity index (χ3v) is 5.22. The predicted molar refractivity (Wildman–Crippen MR) is 114 cm³/mol. The van der Waals surface area contributed by atoms with E-state index in [1.807, 2.05) is 0 Å². The van der Waals surface area contributed by atoms with Crippen LogP contribution in [-0.2, 0) is 10.0 Å². The van der Waals surface area contributed by atoms with Crippen LogP contribution in [-0.4, -0.2) is 42.8 Å². The Hall–Kier alpha value is -2.89. The minimum atomic E-state index is -3.80. The molecule has 0 radical (unpaired) electrons. The second-order valence-corrected chi connectivity index (χ2v) is 7.78. The first kappa shape index (κ1) is 23.4. The topological polar surface area (TPSA) is 153 Å². The molecule has 0 amide bonds. The van der Waals surface area contributed by atoms with Crippen LogP contribution in [0.4, 0.5) is 15.8 Å². The highest BCUT2D eigenvalue weighted by molar-refractivity contribution is 7.92. The van der Waals surface area contributed by atoms with E-state index in [1.165, 1.54) is 24.3 Å². The highest BCUT2D eigenvalue weighted by atomic mass is 32.2. The fourth-order valence-corrected chi connectivity index (χ4v) is 3.28. The Morgan fingerprint density at radius 2 is 1.17 bits per heavy atom. The molecule has 30 heavy (non-hydrogen) atoms. The van der Waals surface area contributed by atoms with Crippen LogP contribution in [0.25, 0.3) is 0 Å². The number of hydrogen-bond donors (Lipinski definition) is 6. The lowest BCUT2D eigenvalue weighted by Crippen LogP contribution is -2.29. The van der Waals surface area contributed by atoms with E-state index in [2.05, 4.69) is 4.72 Å². The fraction of sp³-hybridized carbons (Fsp3) is 0. The summed E-state index contributed by atoms with van der Waals surface area (Å²) in [4.78, 5) is -0.0647. The minimum Gasteiger partial charge on any atom is -0.423 e. The molecule has 0 saturated heterocycles. The van der Waals surface area contributed by atoms with Crippen LogP contribution >= 0.6 is 0 Å². The molecule has 3 rings (SSSR count). The molecular formula is C18H19B2FN2O6S. The van der Waals surface area contributed by atoms with Crippen LogP contribution < -0.4 is 21.4 Å². The van der Waals surface area contributed by atoms with Gasteiger partial charge in [0.25, 0.3) is 10.0 Å². The number of anilines is 2. The van der Waals surface area contributed by atoms with Crippen molar-refractivity contribution >= 4 is 46.6 Å². The molecular weight excluding hydrogens is 413 g/mol. The van der Waals surface area contributed by atoms with Gasteiger partial charge in [-0.15, -0.1) is 0 Å². The van der Waals surface area contributed by atoms with Crippen molar-refractivity contribution < 1.29 is 32.9 Å². The smallest absolute Gasteiger partial charge is 0.423 e. The lowest BCUT2D eigenvalue weighted by atomic mass is 9.80. The van der Waals surface area contributed by atoms with Gasteiger partial charge in [0.1, 0.15) is 5.82 Å². The molecule has 0 bridgehead atoms. The van der Waals surface area contributed by atoms with Gasteiger partial charge < -0.3 is 25.8 Å². The van der Waals surface area contributed by atoms with Crippen LogP contribution in [0, 0.1) is 5.82 Å². The summed E-state index contributed by atoms with van der Waals surface area (Å²) in [6.45, 7) is 0. The average Bonchev–Trinajstić information content (AvgIpc) is 2.69. The summed E-state index contributed by atoms with van der Waals surface area (Å²) in [5.41, 5.74) is 6.94. The third kappa shape index (κ3) is 6.87. The van der Waals surface area contributed by atoms with Gasteiger partial charge in [0, 0.05) is 11.4 Å². The average molecular weight is 432 g/mol. The summed E-state index contributed by atoms with van der Waals surface area (Å²) >= 11 is 0. The van der Waals surface area contributed by atoms with Crippen molar-refractivity contribution in [1.82, 2.24) is 0 Å². The second kappa shape index (κ2) is 10.2. The van der Waals surface area contributed by atoms with Crippen molar-refractivity contribution in [3.05, 3.63) is 78.6 Å². The zero-order valence-corrected chi connectivity index (χ0v) is 16.4. The standard InChI is InChI=1S/C12H11BFNO4S.C6H8BNO2/c14-10-3-7-12(8-4-10)20(18,19)15-11-5-1-9(2-6-11)13(16)17;8-6-3-1-5(2-4-6)7(9)10/h1-8,15-17H;1-4,9-10H,8H2. The van der Waals surface area contributed by atoms with Crippen molar-refractivity contribution in [3.8, 4) is 0 Å². The Kier molecular flexibility index (Phi) is 7.98. The lowest BCUT2D eigenvalue weighted by Gasteiger charge is -2.08. The Morgan fingerprint density at radius 3 is 1.60 bits per heavy atom. The van der Waals surface area contributed by atoms with E-state index in [0.29, 0.717) is 11.2 Å². The second-order valence-electron chi connectivity index (χ2n) is 6.10. The molecule has 0 aliphatic heterocycles. The van der Waals surface area contributed by atoms with Crippen LogP contribution in [0.5, 0.6) is 0 Å².